The summed E-state index contributed by atoms with van der Waals surface area (Å²) in [5.41, 5.74) is 20.4. The number of para-hydroxylation sites is 2. The second-order valence-electron chi connectivity index (χ2n) is 17.3. The Labute approximate surface area is 324 Å². The molecular weight excluding hydrogens is 663 g/mol. The topological polar surface area (TPSA) is 6.48 Å². The molecule has 55 heavy (non-hydrogen) atoms. The van der Waals surface area contributed by atoms with Crippen LogP contribution in [-0.2, 0) is 5.41 Å². The minimum atomic E-state index is 0.0829. The lowest BCUT2D eigenvalue weighted by Gasteiger charge is -2.64. The Bertz CT molecular complexity index is 2670. The lowest BCUT2D eigenvalue weighted by molar-refractivity contribution is -0.0419. The molecule has 4 fully saturated rings. The van der Waals surface area contributed by atoms with Gasteiger partial charge >= 0.3 is 0 Å². The van der Waals surface area contributed by atoms with E-state index in [9.17, 15) is 0 Å². The monoisotopic (exact) mass is 704 g/mol. The first-order chi connectivity index (χ1) is 27.3. The number of hydrogen-bond acceptors (Lipinski definition) is 2. The van der Waals surface area contributed by atoms with Crippen LogP contribution in [-0.4, -0.2) is 6.71 Å². The van der Waals surface area contributed by atoms with Gasteiger partial charge < -0.3 is 9.80 Å². The van der Waals surface area contributed by atoms with Crippen LogP contribution in [0.25, 0.3) is 22.3 Å². The van der Waals surface area contributed by atoms with Crippen LogP contribution in [0, 0.1) is 23.7 Å². The van der Waals surface area contributed by atoms with Gasteiger partial charge in [-0.25, -0.2) is 0 Å². The minimum absolute atomic E-state index is 0.0829. The predicted molar refractivity (Wildman–Crippen MR) is 229 cm³/mol. The summed E-state index contributed by atoms with van der Waals surface area (Å²) in [4.78, 5) is 5.26. The molecule has 7 aliphatic rings. The first kappa shape index (κ1) is 30.5. The molecule has 7 aromatic rings. The van der Waals surface area contributed by atoms with Crippen LogP contribution in [0.15, 0.2) is 164 Å². The van der Waals surface area contributed by atoms with Gasteiger partial charge in [0.25, 0.3) is 6.71 Å². The van der Waals surface area contributed by atoms with Gasteiger partial charge in [-0.05, 0) is 142 Å². The molecule has 0 N–H and O–H groups in total. The average Bonchev–Trinajstić information content (AvgIpc) is 3.24. The van der Waals surface area contributed by atoms with E-state index in [1.165, 1.54) is 105 Å². The van der Waals surface area contributed by atoms with Crippen molar-refractivity contribution in [3.63, 3.8) is 0 Å². The van der Waals surface area contributed by atoms with E-state index in [0.717, 1.165) is 11.8 Å². The van der Waals surface area contributed by atoms with Gasteiger partial charge in [-0.2, -0.15) is 0 Å². The zero-order valence-corrected chi connectivity index (χ0v) is 30.9. The summed E-state index contributed by atoms with van der Waals surface area (Å²) in [5, 5.41) is 0. The summed E-state index contributed by atoms with van der Waals surface area (Å²) in [7, 11) is 0. The maximum Gasteiger partial charge on any atom is 0.252 e. The summed E-state index contributed by atoms with van der Waals surface area (Å²) < 4.78 is 0. The molecule has 0 atom stereocenters. The molecule has 7 aromatic carbocycles. The summed E-state index contributed by atoms with van der Waals surface area (Å²) >= 11 is 0. The molecule has 3 heteroatoms. The fraction of sp³-hybridized carbons (Fsp3) is 0.192. The second kappa shape index (κ2) is 11.1. The predicted octanol–water partition coefficient (Wildman–Crippen LogP) is 11.2. The highest BCUT2D eigenvalue weighted by Crippen LogP contribution is 2.69. The molecule has 0 amide bonds. The molecule has 1 spiro atoms. The second-order valence-corrected chi connectivity index (χ2v) is 17.3. The van der Waals surface area contributed by atoms with Crippen LogP contribution in [0.2, 0.25) is 0 Å². The molecule has 4 aliphatic carbocycles. The fourth-order valence-electron chi connectivity index (χ4n) is 13.1. The quantitative estimate of drug-likeness (QED) is 0.169. The number of hydrogen-bond donors (Lipinski definition) is 0. The Balaban J connectivity index is 1.09. The van der Waals surface area contributed by atoms with Gasteiger partial charge in [-0.1, -0.05) is 127 Å². The van der Waals surface area contributed by atoms with Crippen LogP contribution in [0.4, 0.5) is 34.1 Å². The summed E-state index contributed by atoms with van der Waals surface area (Å²) in [6.45, 7) is 0.130. The molecule has 262 valence electrons. The lowest BCUT2D eigenvalue weighted by atomic mass is 9.32. The maximum atomic E-state index is 2.70. The van der Waals surface area contributed by atoms with Gasteiger partial charge in [0.1, 0.15) is 0 Å². The highest BCUT2D eigenvalue weighted by Gasteiger charge is 2.62. The van der Waals surface area contributed by atoms with E-state index in [-0.39, 0.29) is 12.1 Å². The Morgan fingerprint density at radius 2 is 1.00 bits per heavy atom. The van der Waals surface area contributed by atoms with E-state index in [4.69, 9.17) is 0 Å². The fourth-order valence-corrected chi connectivity index (χ4v) is 13.1. The van der Waals surface area contributed by atoms with Crippen LogP contribution in [0.3, 0.4) is 0 Å². The van der Waals surface area contributed by atoms with E-state index in [1.54, 1.807) is 11.1 Å². The molecule has 4 saturated carbocycles. The Morgan fingerprint density at radius 3 is 1.75 bits per heavy atom. The third-order valence-electron chi connectivity index (χ3n) is 14.8. The minimum Gasteiger partial charge on any atom is -0.311 e. The molecule has 0 aromatic heterocycles. The molecular formula is C52H41BN2. The largest absolute Gasteiger partial charge is 0.311 e. The van der Waals surface area contributed by atoms with E-state index in [1.807, 2.05) is 0 Å². The standard InChI is InChI=1S/C52H41BN2/c1-3-12-35(13-4-1)37-16-9-17-41(31-37)54-47-22-11-23-48-50(47)53(44-25-24-38(32-49(44)54)36-14-5-2-6-15-36)45-20-10-19-43-51(45)55(48)46-21-8-7-18-42(46)52(43)39-27-33-26-34(29-39)30-40(52)28-33/h1-25,31-34,39-40H,26-30H2. The average molecular weight is 705 g/mol. The Morgan fingerprint density at radius 1 is 0.418 bits per heavy atom. The Hall–Kier alpha value is -5.80. The van der Waals surface area contributed by atoms with Crippen molar-refractivity contribution in [2.24, 2.45) is 23.7 Å². The molecule has 2 nitrogen and oxygen atoms in total. The first-order valence-electron chi connectivity index (χ1n) is 20.6. The van der Waals surface area contributed by atoms with Gasteiger partial charge in [0.05, 0.1) is 5.69 Å². The van der Waals surface area contributed by atoms with Crippen molar-refractivity contribution < 1.29 is 0 Å². The normalized spacial score (nSPS) is 24.3. The number of benzene rings is 7. The molecule has 4 bridgehead atoms. The molecule has 0 radical (unpaired) electrons. The summed E-state index contributed by atoms with van der Waals surface area (Å²) in [6, 6.07) is 62.3. The van der Waals surface area contributed by atoms with Gasteiger partial charge in [0, 0.05) is 33.9 Å². The molecule has 3 aliphatic heterocycles. The SMILES string of the molecule is c1ccc(-c2cccc(N3c4cc(-c5ccccc5)ccc4B4c5cccc6c5N(c5ccccc5C65C6CC7CC(C6)CC5C7)c5cccc3c54)c2)cc1. The Kier molecular flexibility index (Phi) is 6.18. The van der Waals surface area contributed by atoms with Gasteiger partial charge in [0.15, 0.2) is 0 Å². The maximum absolute atomic E-state index is 2.70. The number of anilines is 6. The molecule has 3 heterocycles. The summed E-state index contributed by atoms with van der Waals surface area (Å²) in [5.74, 6) is 3.25. The van der Waals surface area contributed by atoms with Crippen molar-refractivity contribution in [3.05, 3.63) is 175 Å². The van der Waals surface area contributed by atoms with Crippen molar-refractivity contribution in [3.8, 4) is 22.3 Å². The van der Waals surface area contributed by atoms with Crippen LogP contribution in [0.1, 0.15) is 43.2 Å². The number of fused-ring (bicyclic) bond motifs is 6. The van der Waals surface area contributed by atoms with E-state index >= 15 is 0 Å². The zero-order chi connectivity index (χ0) is 35.8. The van der Waals surface area contributed by atoms with Crippen molar-refractivity contribution >= 4 is 57.2 Å². The number of nitrogens with zero attached hydrogens (tertiary/aromatic N) is 2. The van der Waals surface area contributed by atoms with Crippen LogP contribution in [0.5, 0.6) is 0 Å². The van der Waals surface area contributed by atoms with Gasteiger partial charge in [-0.15, -0.1) is 0 Å². The summed E-state index contributed by atoms with van der Waals surface area (Å²) in [6.07, 6.45) is 7.01. The van der Waals surface area contributed by atoms with Gasteiger partial charge in [0.2, 0.25) is 0 Å². The van der Waals surface area contributed by atoms with Crippen molar-refractivity contribution in [2.75, 3.05) is 9.80 Å². The third-order valence-corrected chi connectivity index (χ3v) is 14.8. The third kappa shape index (κ3) is 4.01. The van der Waals surface area contributed by atoms with E-state index < -0.39 is 0 Å². The zero-order valence-electron chi connectivity index (χ0n) is 30.9. The van der Waals surface area contributed by atoms with E-state index in [0.29, 0.717) is 11.8 Å². The highest BCUT2D eigenvalue weighted by atomic mass is 15.2. The van der Waals surface area contributed by atoms with Crippen LogP contribution < -0.4 is 26.2 Å². The first-order valence-corrected chi connectivity index (χ1v) is 20.6. The van der Waals surface area contributed by atoms with Crippen molar-refractivity contribution in [1.29, 1.82) is 0 Å². The number of rotatable bonds is 3. The smallest absolute Gasteiger partial charge is 0.252 e. The van der Waals surface area contributed by atoms with E-state index in [2.05, 4.69) is 174 Å². The van der Waals surface area contributed by atoms with Crippen molar-refractivity contribution in [1.82, 2.24) is 0 Å². The molecule has 0 unspecified atom stereocenters. The molecule has 0 saturated heterocycles. The van der Waals surface area contributed by atoms with Crippen molar-refractivity contribution in [2.45, 2.75) is 37.5 Å². The van der Waals surface area contributed by atoms with Gasteiger partial charge in [-0.3, -0.25) is 0 Å². The highest BCUT2D eigenvalue weighted by molar-refractivity contribution is 7.00. The molecule has 14 rings (SSSR count). The lowest BCUT2D eigenvalue weighted by Crippen LogP contribution is -2.64. The van der Waals surface area contributed by atoms with Crippen LogP contribution >= 0.6 is 0 Å².